The van der Waals surface area contributed by atoms with Crippen LogP contribution in [0.1, 0.15) is 16.8 Å². The van der Waals surface area contributed by atoms with Gasteiger partial charge < -0.3 is 10.3 Å². The number of fused-ring (bicyclic) bond motifs is 3. The van der Waals surface area contributed by atoms with Crippen LogP contribution in [0.3, 0.4) is 0 Å². The molecule has 1 amide bonds. The highest BCUT2D eigenvalue weighted by molar-refractivity contribution is 6.22. The lowest BCUT2D eigenvalue weighted by molar-refractivity contribution is -0.114. The van der Waals surface area contributed by atoms with E-state index in [1.54, 1.807) is 18.2 Å². The Morgan fingerprint density at radius 1 is 1.17 bits per heavy atom. The molecule has 0 aliphatic carbocycles. The number of halogens is 1. The molecule has 0 unspecified atom stereocenters. The normalized spacial score (nSPS) is 14.2. The van der Waals surface area contributed by atoms with Crippen molar-refractivity contribution < 1.29 is 9.18 Å². The molecule has 0 saturated heterocycles. The molecule has 23 heavy (non-hydrogen) atoms. The second kappa shape index (κ2) is 5.05. The van der Waals surface area contributed by atoms with E-state index in [4.69, 9.17) is 0 Å². The van der Waals surface area contributed by atoms with Gasteiger partial charge in [-0.1, -0.05) is 23.8 Å². The minimum Gasteiger partial charge on any atom is -0.351 e. The maximum atomic E-state index is 14.2. The Bertz CT molecular complexity index is 972. The van der Waals surface area contributed by atoms with Gasteiger partial charge in [-0.3, -0.25) is 9.79 Å². The third-order valence-electron chi connectivity index (χ3n) is 3.97. The Labute approximate surface area is 132 Å². The number of nitrogens with one attached hydrogen (secondary N) is 2. The summed E-state index contributed by atoms with van der Waals surface area (Å²) < 4.78 is 14.2. The van der Waals surface area contributed by atoms with Crippen molar-refractivity contribution in [3.05, 3.63) is 65.1 Å². The molecular formula is C18H14FN3O. The van der Waals surface area contributed by atoms with Gasteiger partial charge in [-0.25, -0.2) is 4.39 Å². The first-order valence-electron chi connectivity index (χ1n) is 7.35. The van der Waals surface area contributed by atoms with Crippen molar-refractivity contribution in [1.82, 2.24) is 4.98 Å². The molecule has 2 N–H and O–H groups in total. The zero-order valence-electron chi connectivity index (χ0n) is 12.5. The molecule has 1 aliphatic rings. The highest BCUT2D eigenvalue weighted by Crippen LogP contribution is 2.32. The number of hydrogen-bond donors (Lipinski definition) is 2. The van der Waals surface area contributed by atoms with E-state index in [2.05, 4.69) is 15.3 Å². The van der Waals surface area contributed by atoms with E-state index >= 15 is 0 Å². The van der Waals surface area contributed by atoms with Gasteiger partial charge in [-0.2, -0.15) is 0 Å². The quantitative estimate of drug-likeness (QED) is 0.711. The summed E-state index contributed by atoms with van der Waals surface area (Å²) in [6.07, 6.45) is 0. The van der Waals surface area contributed by atoms with Crippen LogP contribution in [0.4, 0.5) is 10.1 Å². The van der Waals surface area contributed by atoms with E-state index in [0.29, 0.717) is 22.7 Å². The van der Waals surface area contributed by atoms with Crippen LogP contribution in [-0.2, 0) is 4.79 Å². The summed E-state index contributed by atoms with van der Waals surface area (Å²) in [4.78, 5) is 19.6. The molecule has 2 aromatic carbocycles. The van der Waals surface area contributed by atoms with Crippen molar-refractivity contribution in [3.63, 3.8) is 0 Å². The second-order valence-corrected chi connectivity index (χ2v) is 5.62. The van der Waals surface area contributed by atoms with Crippen LogP contribution in [0.5, 0.6) is 0 Å². The predicted molar refractivity (Wildman–Crippen MR) is 88.6 cm³/mol. The number of rotatable bonds is 1. The van der Waals surface area contributed by atoms with E-state index in [1.807, 2.05) is 25.1 Å². The summed E-state index contributed by atoms with van der Waals surface area (Å²) in [5, 5.41) is 3.79. The van der Waals surface area contributed by atoms with E-state index in [0.717, 1.165) is 16.5 Å². The van der Waals surface area contributed by atoms with Gasteiger partial charge in [0.15, 0.2) is 0 Å². The molecule has 0 bridgehead atoms. The minimum absolute atomic E-state index is 0.0283. The molecule has 0 saturated carbocycles. The first kappa shape index (κ1) is 13.7. The van der Waals surface area contributed by atoms with Gasteiger partial charge in [0.1, 0.15) is 12.4 Å². The highest BCUT2D eigenvalue weighted by atomic mass is 19.1. The number of aryl methyl sites for hydroxylation is 1. The molecule has 1 aliphatic heterocycles. The SMILES string of the molecule is Cc1ccc2[nH]c3c(c2c1)NC(=O)CN=C3c1ccccc1F. The molecule has 4 rings (SSSR count). The summed E-state index contributed by atoms with van der Waals surface area (Å²) in [6, 6.07) is 12.4. The molecule has 0 spiro atoms. The van der Waals surface area contributed by atoms with Gasteiger partial charge in [0.2, 0.25) is 5.91 Å². The van der Waals surface area contributed by atoms with E-state index < -0.39 is 0 Å². The summed E-state index contributed by atoms with van der Waals surface area (Å²) >= 11 is 0. The van der Waals surface area contributed by atoms with Gasteiger partial charge >= 0.3 is 0 Å². The number of amides is 1. The Balaban J connectivity index is 2.02. The van der Waals surface area contributed by atoms with Gasteiger partial charge in [-0.05, 0) is 31.2 Å². The number of aromatic nitrogens is 1. The smallest absolute Gasteiger partial charge is 0.246 e. The third kappa shape index (κ3) is 2.21. The number of hydrogen-bond acceptors (Lipinski definition) is 2. The molecule has 1 aromatic heterocycles. The van der Waals surface area contributed by atoms with Crippen molar-refractivity contribution in [2.45, 2.75) is 6.92 Å². The maximum absolute atomic E-state index is 14.2. The zero-order chi connectivity index (χ0) is 16.0. The lowest BCUT2D eigenvalue weighted by Crippen LogP contribution is -2.13. The Hall–Kier alpha value is -2.95. The second-order valence-electron chi connectivity index (χ2n) is 5.62. The third-order valence-corrected chi connectivity index (χ3v) is 3.97. The fourth-order valence-electron chi connectivity index (χ4n) is 2.90. The first-order chi connectivity index (χ1) is 11.1. The monoisotopic (exact) mass is 307 g/mol. The first-order valence-corrected chi connectivity index (χ1v) is 7.35. The predicted octanol–water partition coefficient (Wildman–Crippen LogP) is 3.40. The van der Waals surface area contributed by atoms with Crippen LogP contribution in [-0.4, -0.2) is 23.1 Å². The Morgan fingerprint density at radius 2 is 2.00 bits per heavy atom. The van der Waals surface area contributed by atoms with Crippen LogP contribution < -0.4 is 5.32 Å². The van der Waals surface area contributed by atoms with Gasteiger partial charge in [0.25, 0.3) is 0 Å². The molecule has 0 radical (unpaired) electrons. The Kier molecular flexibility index (Phi) is 3.01. The van der Waals surface area contributed by atoms with Crippen molar-refractivity contribution in [2.24, 2.45) is 4.99 Å². The van der Waals surface area contributed by atoms with E-state index in [9.17, 15) is 9.18 Å². The summed E-state index contributed by atoms with van der Waals surface area (Å²) in [5.74, 6) is -0.568. The average molecular weight is 307 g/mol. The lowest BCUT2D eigenvalue weighted by Gasteiger charge is -2.06. The lowest BCUT2D eigenvalue weighted by atomic mass is 10.0. The fourth-order valence-corrected chi connectivity index (χ4v) is 2.90. The number of aliphatic imine (C=N–C) groups is 1. The molecule has 3 aromatic rings. The number of carbonyl (C=O) groups is 1. The largest absolute Gasteiger partial charge is 0.351 e. The molecule has 5 heteroatoms. The fraction of sp³-hybridized carbons (Fsp3) is 0.111. The van der Waals surface area contributed by atoms with Gasteiger partial charge in [-0.15, -0.1) is 0 Å². The zero-order valence-corrected chi connectivity index (χ0v) is 12.5. The van der Waals surface area contributed by atoms with Crippen LogP contribution in [0.15, 0.2) is 47.5 Å². The number of nitrogens with zero attached hydrogens (tertiary/aromatic N) is 1. The number of benzene rings is 2. The number of anilines is 1. The van der Waals surface area contributed by atoms with E-state index in [-0.39, 0.29) is 18.3 Å². The molecule has 2 heterocycles. The molecule has 0 atom stereocenters. The maximum Gasteiger partial charge on any atom is 0.246 e. The summed E-state index contributed by atoms with van der Waals surface area (Å²) in [7, 11) is 0. The number of carbonyl (C=O) groups excluding carboxylic acids is 1. The number of aromatic amines is 1. The van der Waals surface area contributed by atoms with Crippen LogP contribution in [0.25, 0.3) is 10.9 Å². The van der Waals surface area contributed by atoms with Crippen molar-refractivity contribution >= 4 is 28.2 Å². The molecular weight excluding hydrogens is 293 g/mol. The molecule has 0 fully saturated rings. The van der Waals surface area contributed by atoms with Gasteiger partial charge in [0, 0.05) is 16.5 Å². The van der Waals surface area contributed by atoms with Gasteiger partial charge in [0.05, 0.1) is 17.1 Å². The van der Waals surface area contributed by atoms with Crippen molar-refractivity contribution in [2.75, 3.05) is 11.9 Å². The summed E-state index contributed by atoms with van der Waals surface area (Å²) in [6.45, 7) is 1.96. The van der Waals surface area contributed by atoms with Crippen LogP contribution >= 0.6 is 0 Å². The average Bonchev–Trinajstić information content (AvgIpc) is 2.78. The topological polar surface area (TPSA) is 57.2 Å². The standard InChI is InChI=1S/C18H14FN3O/c1-10-6-7-14-12(8-10)17-18(21-14)16(20-9-15(23)22-17)11-4-2-3-5-13(11)19/h2-8,21H,9H2,1H3,(H,22,23). The van der Waals surface area contributed by atoms with Crippen molar-refractivity contribution in [3.8, 4) is 0 Å². The highest BCUT2D eigenvalue weighted by Gasteiger charge is 2.24. The number of H-pyrrole nitrogens is 1. The molecule has 4 nitrogen and oxygen atoms in total. The van der Waals surface area contributed by atoms with E-state index in [1.165, 1.54) is 6.07 Å². The Morgan fingerprint density at radius 3 is 2.83 bits per heavy atom. The minimum atomic E-state index is -0.360. The van der Waals surface area contributed by atoms with Crippen molar-refractivity contribution in [1.29, 1.82) is 0 Å². The molecule has 114 valence electrons. The van der Waals surface area contributed by atoms with Crippen LogP contribution in [0, 0.1) is 12.7 Å². The van der Waals surface area contributed by atoms with Crippen LogP contribution in [0.2, 0.25) is 0 Å². The summed E-state index contributed by atoms with van der Waals surface area (Å²) in [5.41, 5.74) is 4.11.